The molecule has 3 aromatic rings. The van der Waals surface area contributed by atoms with E-state index in [2.05, 4.69) is 29.2 Å². The Bertz CT molecular complexity index is 970. The van der Waals surface area contributed by atoms with Gasteiger partial charge in [0, 0.05) is 31.3 Å². The fraction of sp³-hybridized carbons (Fsp3) is 0.304. The summed E-state index contributed by atoms with van der Waals surface area (Å²) in [6, 6.07) is 20.0. The monoisotopic (exact) mass is 391 g/mol. The summed E-state index contributed by atoms with van der Waals surface area (Å²) in [5.41, 5.74) is 2.75. The maximum atomic E-state index is 12.9. The standard InChI is InChI=1S/C23H25N3O3/c1-25-11-12-26(16-21(25)17-7-4-3-5-8-17)23(27)15-19-14-22(29-24-19)18-9-6-10-20(13-18)28-2/h3-10,13-14,21H,11-12,15-16H2,1-2H3. The molecule has 1 amide bonds. The number of amides is 1. The number of piperazine rings is 1. The second kappa shape index (κ2) is 8.49. The van der Waals surface area contributed by atoms with E-state index >= 15 is 0 Å². The molecule has 1 unspecified atom stereocenters. The van der Waals surface area contributed by atoms with Gasteiger partial charge in [-0.25, -0.2) is 0 Å². The molecule has 6 heteroatoms. The number of aromatic nitrogens is 1. The highest BCUT2D eigenvalue weighted by atomic mass is 16.5. The van der Waals surface area contributed by atoms with E-state index < -0.39 is 0 Å². The lowest BCUT2D eigenvalue weighted by atomic mass is 10.0. The number of likely N-dealkylation sites (N-methyl/N-ethyl adjacent to an activating group) is 1. The summed E-state index contributed by atoms with van der Waals surface area (Å²) in [5.74, 6) is 1.46. The number of methoxy groups -OCH3 is 1. The van der Waals surface area contributed by atoms with Gasteiger partial charge in [-0.05, 0) is 24.7 Å². The number of carbonyl (C=O) groups is 1. The van der Waals surface area contributed by atoms with Crippen LogP contribution in [0.15, 0.2) is 65.2 Å². The third-order valence-corrected chi connectivity index (χ3v) is 5.43. The van der Waals surface area contributed by atoms with E-state index in [1.54, 1.807) is 7.11 Å². The summed E-state index contributed by atoms with van der Waals surface area (Å²) in [7, 11) is 3.74. The molecule has 4 rings (SSSR count). The van der Waals surface area contributed by atoms with Crippen molar-refractivity contribution < 1.29 is 14.1 Å². The van der Waals surface area contributed by atoms with Crippen LogP contribution in [0.25, 0.3) is 11.3 Å². The highest BCUT2D eigenvalue weighted by Crippen LogP contribution is 2.26. The van der Waals surface area contributed by atoms with E-state index in [-0.39, 0.29) is 18.4 Å². The first kappa shape index (κ1) is 19.2. The molecule has 150 valence electrons. The molecule has 2 aromatic carbocycles. The first-order valence-electron chi connectivity index (χ1n) is 9.77. The molecule has 29 heavy (non-hydrogen) atoms. The molecule has 0 aliphatic carbocycles. The summed E-state index contributed by atoms with van der Waals surface area (Å²) in [6.45, 7) is 2.25. The van der Waals surface area contributed by atoms with Crippen molar-refractivity contribution in [2.24, 2.45) is 0 Å². The van der Waals surface area contributed by atoms with Crippen LogP contribution in [-0.2, 0) is 11.2 Å². The Kier molecular flexibility index (Phi) is 5.62. The number of rotatable bonds is 5. The molecule has 0 radical (unpaired) electrons. The van der Waals surface area contributed by atoms with E-state index in [1.165, 1.54) is 5.56 Å². The minimum Gasteiger partial charge on any atom is -0.497 e. The Hall–Kier alpha value is -3.12. The maximum absolute atomic E-state index is 12.9. The van der Waals surface area contributed by atoms with Crippen LogP contribution in [0.1, 0.15) is 17.3 Å². The fourth-order valence-electron chi connectivity index (χ4n) is 3.71. The molecule has 1 aromatic heterocycles. The highest BCUT2D eigenvalue weighted by Gasteiger charge is 2.28. The summed E-state index contributed by atoms with van der Waals surface area (Å²) in [6.07, 6.45) is 0.235. The van der Waals surface area contributed by atoms with Gasteiger partial charge in [0.05, 0.1) is 25.3 Å². The lowest BCUT2D eigenvalue weighted by Crippen LogP contribution is -2.49. The predicted molar refractivity (Wildman–Crippen MR) is 111 cm³/mol. The molecule has 1 fully saturated rings. The van der Waals surface area contributed by atoms with Crippen molar-refractivity contribution in [2.45, 2.75) is 12.5 Å². The zero-order valence-corrected chi connectivity index (χ0v) is 16.7. The van der Waals surface area contributed by atoms with Crippen LogP contribution in [0, 0.1) is 0 Å². The summed E-state index contributed by atoms with van der Waals surface area (Å²) in [5, 5.41) is 4.10. The van der Waals surface area contributed by atoms with Crippen LogP contribution >= 0.6 is 0 Å². The molecule has 0 N–H and O–H groups in total. The topological polar surface area (TPSA) is 58.8 Å². The molecule has 0 saturated carbocycles. The summed E-state index contributed by atoms with van der Waals surface area (Å²) in [4.78, 5) is 17.1. The first-order valence-corrected chi connectivity index (χ1v) is 9.77. The molecule has 0 bridgehead atoms. The van der Waals surface area contributed by atoms with E-state index in [9.17, 15) is 4.79 Å². The zero-order chi connectivity index (χ0) is 20.2. The third-order valence-electron chi connectivity index (χ3n) is 5.43. The number of nitrogens with zero attached hydrogens (tertiary/aromatic N) is 3. The largest absolute Gasteiger partial charge is 0.497 e. The van der Waals surface area contributed by atoms with Gasteiger partial charge in [0.15, 0.2) is 5.76 Å². The molecular formula is C23H25N3O3. The average Bonchev–Trinajstić information content (AvgIpc) is 3.23. The Morgan fingerprint density at radius 2 is 1.97 bits per heavy atom. The average molecular weight is 391 g/mol. The van der Waals surface area contributed by atoms with Gasteiger partial charge >= 0.3 is 0 Å². The van der Waals surface area contributed by atoms with Crippen molar-refractivity contribution in [2.75, 3.05) is 33.8 Å². The number of ether oxygens (including phenoxy) is 1. The van der Waals surface area contributed by atoms with Crippen LogP contribution in [0.3, 0.4) is 0 Å². The summed E-state index contributed by atoms with van der Waals surface area (Å²) < 4.78 is 10.7. The quantitative estimate of drug-likeness (QED) is 0.667. The van der Waals surface area contributed by atoms with Crippen molar-refractivity contribution in [1.82, 2.24) is 15.0 Å². The molecule has 1 atom stereocenters. The van der Waals surface area contributed by atoms with E-state index in [0.717, 1.165) is 24.4 Å². The van der Waals surface area contributed by atoms with E-state index in [0.29, 0.717) is 18.0 Å². The number of hydrogen-bond donors (Lipinski definition) is 0. The van der Waals surface area contributed by atoms with Gasteiger partial charge in [0.25, 0.3) is 0 Å². The van der Waals surface area contributed by atoms with Gasteiger partial charge in [0.1, 0.15) is 5.75 Å². The number of hydrogen-bond acceptors (Lipinski definition) is 5. The van der Waals surface area contributed by atoms with Crippen molar-refractivity contribution in [1.29, 1.82) is 0 Å². The smallest absolute Gasteiger partial charge is 0.228 e. The Balaban J connectivity index is 1.43. The first-order chi connectivity index (χ1) is 14.1. The predicted octanol–water partition coefficient (Wildman–Crippen LogP) is 3.41. The van der Waals surface area contributed by atoms with Gasteiger partial charge in [-0.2, -0.15) is 0 Å². The van der Waals surface area contributed by atoms with Gasteiger partial charge in [0.2, 0.25) is 5.91 Å². The molecule has 2 heterocycles. The second-order valence-electron chi connectivity index (χ2n) is 7.34. The fourth-order valence-corrected chi connectivity index (χ4v) is 3.71. The van der Waals surface area contributed by atoms with Crippen molar-refractivity contribution >= 4 is 5.91 Å². The van der Waals surface area contributed by atoms with Crippen LogP contribution in [-0.4, -0.2) is 54.7 Å². The van der Waals surface area contributed by atoms with Gasteiger partial charge in [-0.15, -0.1) is 0 Å². The second-order valence-corrected chi connectivity index (χ2v) is 7.34. The van der Waals surface area contributed by atoms with Crippen LogP contribution in [0.2, 0.25) is 0 Å². The molecule has 0 spiro atoms. The lowest BCUT2D eigenvalue weighted by Gasteiger charge is -2.39. The van der Waals surface area contributed by atoms with Gasteiger partial charge in [-0.3, -0.25) is 9.69 Å². The van der Waals surface area contributed by atoms with Crippen LogP contribution in [0.4, 0.5) is 0 Å². The molecule has 1 saturated heterocycles. The minimum atomic E-state index is 0.0736. The SMILES string of the molecule is COc1cccc(-c2cc(CC(=O)N3CCN(C)C(c4ccccc4)C3)no2)c1. The maximum Gasteiger partial charge on any atom is 0.228 e. The normalized spacial score (nSPS) is 17.3. The van der Waals surface area contributed by atoms with E-state index in [1.807, 2.05) is 53.4 Å². The van der Waals surface area contributed by atoms with Crippen LogP contribution in [0.5, 0.6) is 5.75 Å². The number of carbonyl (C=O) groups excluding carboxylic acids is 1. The van der Waals surface area contributed by atoms with Crippen LogP contribution < -0.4 is 4.74 Å². The molecule has 6 nitrogen and oxygen atoms in total. The number of benzene rings is 2. The molecule has 1 aliphatic heterocycles. The van der Waals surface area contributed by atoms with E-state index in [4.69, 9.17) is 9.26 Å². The Morgan fingerprint density at radius 3 is 2.76 bits per heavy atom. The Morgan fingerprint density at radius 1 is 1.14 bits per heavy atom. The third kappa shape index (κ3) is 4.32. The zero-order valence-electron chi connectivity index (χ0n) is 16.7. The van der Waals surface area contributed by atoms with Crippen molar-refractivity contribution in [3.8, 4) is 17.1 Å². The van der Waals surface area contributed by atoms with Crippen molar-refractivity contribution in [3.05, 3.63) is 71.9 Å². The Labute approximate surface area is 170 Å². The van der Waals surface area contributed by atoms with Gasteiger partial charge < -0.3 is 14.2 Å². The molecular weight excluding hydrogens is 366 g/mol. The van der Waals surface area contributed by atoms with Crippen molar-refractivity contribution in [3.63, 3.8) is 0 Å². The van der Waals surface area contributed by atoms with Gasteiger partial charge in [-0.1, -0.05) is 47.6 Å². The summed E-state index contributed by atoms with van der Waals surface area (Å²) >= 11 is 0. The highest BCUT2D eigenvalue weighted by molar-refractivity contribution is 5.79. The lowest BCUT2D eigenvalue weighted by molar-refractivity contribution is -0.133. The molecule has 1 aliphatic rings. The minimum absolute atomic E-state index is 0.0736.